The van der Waals surface area contributed by atoms with Gasteiger partial charge in [-0.2, -0.15) is 0 Å². The van der Waals surface area contributed by atoms with Gasteiger partial charge in [0.05, 0.1) is 24.4 Å². The van der Waals surface area contributed by atoms with Gasteiger partial charge in [-0.3, -0.25) is 4.79 Å². The van der Waals surface area contributed by atoms with Crippen molar-refractivity contribution in [3.8, 4) is 0 Å². The van der Waals surface area contributed by atoms with E-state index >= 15 is 0 Å². The third-order valence-corrected chi connectivity index (χ3v) is 8.50. The first-order valence-electron chi connectivity index (χ1n) is 13.1. The van der Waals surface area contributed by atoms with Crippen LogP contribution in [0.3, 0.4) is 0 Å². The molecule has 6 heteroatoms. The van der Waals surface area contributed by atoms with Gasteiger partial charge in [-0.15, -0.1) is 0 Å². The van der Waals surface area contributed by atoms with Crippen molar-refractivity contribution in [3.63, 3.8) is 0 Å². The van der Waals surface area contributed by atoms with Crippen molar-refractivity contribution in [2.24, 2.45) is 17.3 Å². The molecule has 2 rings (SSSR count). The van der Waals surface area contributed by atoms with Crippen LogP contribution in [0.4, 0.5) is 0 Å². The SMILES string of the molecule is C=C(C=CC=C(CO)C1CCC2(C(CCCO)C(=C(C)C=O)CCC2(C)O)C1O)C(O)CC=C(C)C. The highest BCUT2D eigenvalue weighted by atomic mass is 16.3. The molecule has 2 aliphatic carbocycles. The smallest absolute Gasteiger partial charge is 0.145 e. The van der Waals surface area contributed by atoms with Gasteiger partial charge in [-0.1, -0.05) is 42.0 Å². The Morgan fingerprint density at radius 3 is 2.50 bits per heavy atom. The van der Waals surface area contributed by atoms with E-state index in [1.54, 1.807) is 32.1 Å². The molecule has 0 aromatic heterocycles. The lowest BCUT2D eigenvalue weighted by Gasteiger charge is -2.55. The molecule has 1 spiro atoms. The van der Waals surface area contributed by atoms with Crippen LogP contribution in [-0.4, -0.2) is 62.8 Å². The third-order valence-electron chi connectivity index (χ3n) is 8.50. The average molecular weight is 503 g/mol. The predicted octanol–water partition coefficient (Wildman–Crippen LogP) is 3.94. The highest BCUT2D eigenvalue weighted by Crippen LogP contribution is 2.62. The van der Waals surface area contributed by atoms with Gasteiger partial charge in [0.2, 0.25) is 0 Å². The van der Waals surface area contributed by atoms with E-state index in [-0.39, 0.29) is 25.0 Å². The van der Waals surface area contributed by atoms with Gasteiger partial charge in [0.1, 0.15) is 6.29 Å². The first kappa shape index (κ1) is 30.4. The molecule has 0 aromatic rings. The lowest BCUT2D eigenvalue weighted by Crippen LogP contribution is -2.59. The zero-order valence-corrected chi connectivity index (χ0v) is 22.4. The number of hydrogen-bond acceptors (Lipinski definition) is 6. The maximum Gasteiger partial charge on any atom is 0.145 e. The number of aldehydes is 1. The summed E-state index contributed by atoms with van der Waals surface area (Å²) < 4.78 is 0. The number of carbonyl (C=O) groups excluding carboxylic acids is 1. The van der Waals surface area contributed by atoms with E-state index in [0.29, 0.717) is 61.7 Å². The van der Waals surface area contributed by atoms with Crippen LogP contribution < -0.4 is 0 Å². The fourth-order valence-electron chi connectivity index (χ4n) is 6.36. The van der Waals surface area contributed by atoms with Crippen molar-refractivity contribution in [1.29, 1.82) is 0 Å². The van der Waals surface area contributed by atoms with Crippen LogP contribution in [-0.2, 0) is 4.79 Å². The van der Waals surface area contributed by atoms with Crippen molar-refractivity contribution in [3.05, 3.63) is 58.7 Å². The lowest BCUT2D eigenvalue weighted by atomic mass is 9.52. The average Bonchev–Trinajstić information content (AvgIpc) is 3.18. The van der Waals surface area contributed by atoms with E-state index in [1.165, 1.54) is 0 Å². The number of hydrogen-bond donors (Lipinski definition) is 5. The number of aliphatic hydroxyl groups is 5. The number of aliphatic hydroxyl groups excluding tert-OH is 4. The Balaban J connectivity index is 2.37. The molecular formula is C30H46O6. The number of carbonyl (C=O) groups is 1. The molecule has 36 heavy (non-hydrogen) atoms. The van der Waals surface area contributed by atoms with Crippen molar-refractivity contribution in [1.82, 2.24) is 0 Å². The molecule has 6 unspecified atom stereocenters. The van der Waals surface area contributed by atoms with Gasteiger partial charge in [-0.05, 0) is 95.3 Å². The molecule has 0 radical (unpaired) electrons. The molecule has 6 atom stereocenters. The van der Waals surface area contributed by atoms with Crippen LogP contribution in [0.15, 0.2) is 58.7 Å². The minimum Gasteiger partial charge on any atom is -0.396 e. The van der Waals surface area contributed by atoms with E-state index in [4.69, 9.17) is 0 Å². The molecule has 0 saturated heterocycles. The van der Waals surface area contributed by atoms with E-state index in [1.807, 2.05) is 19.9 Å². The molecule has 2 fully saturated rings. The van der Waals surface area contributed by atoms with Crippen molar-refractivity contribution < 1.29 is 30.3 Å². The first-order chi connectivity index (χ1) is 17.0. The summed E-state index contributed by atoms with van der Waals surface area (Å²) >= 11 is 0. The fourth-order valence-corrected chi connectivity index (χ4v) is 6.36. The molecule has 202 valence electrons. The van der Waals surface area contributed by atoms with Crippen LogP contribution in [0.1, 0.15) is 72.6 Å². The second-order valence-electron chi connectivity index (χ2n) is 11.0. The Morgan fingerprint density at radius 2 is 1.92 bits per heavy atom. The summed E-state index contributed by atoms with van der Waals surface area (Å²) in [7, 11) is 0. The topological polar surface area (TPSA) is 118 Å². The summed E-state index contributed by atoms with van der Waals surface area (Å²) in [6.45, 7) is 11.2. The van der Waals surface area contributed by atoms with Gasteiger partial charge in [0.25, 0.3) is 0 Å². The maximum absolute atomic E-state index is 11.8. The summed E-state index contributed by atoms with van der Waals surface area (Å²) in [5.74, 6) is -0.596. The Kier molecular flexibility index (Phi) is 11.1. The maximum atomic E-state index is 11.8. The molecule has 0 heterocycles. The van der Waals surface area contributed by atoms with E-state index < -0.39 is 23.2 Å². The molecule has 0 amide bonds. The van der Waals surface area contributed by atoms with Gasteiger partial charge < -0.3 is 25.5 Å². The highest BCUT2D eigenvalue weighted by molar-refractivity contribution is 5.74. The molecule has 0 aliphatic heterocycles. The van der Waals surface area contributed by atoms with Gasteiger partial charge in [-0.25, -0.2) is 0 Å². The van der Waals surface area contributed by atoms with Crippen LogP contribution in [0.2, 0.25) is 0 Å². The predicted molar refractivity (Wildman–Crippen MR) is 143 cm³/mol. The monoisotopic (exact) mass is 502 g/mol. The van der Waals surface area contributed by atoms with E-state index in [0.717, 1.165) is 17.4 Å². The second-order valence-corrected chi connectivity index (χ2v) is 11.0. The quantitative estimate of drug-likeness (QED) is 0.126. The third kappa shape index (κ3) is 6.35. The zero-order chi connectivity index (χ0) is 27.1. The minimum absolute atomic E-state index is 0.00238. The Morgan fingerprint density at radius 1 is 1.22 bits per heavy atom. The van der Waals surface area contributed by atoms with Crippen LogP contribution in [0.25, 0.3) is 0 Å². The largest absolute Gasteiger partial charge is 0.396 e. The van der Waals surface area contributed by atoms with Gasteiger partial charge >= 0.3 is 0 Å². The molecular weight excluding hydrogens is 456 g/mol. The highest BCUT2D eigenvalue weighted by Gasteiger charge is 2.63. The number of rotatable bonds is 11. The lowest BCUT2D eigenvalue weighted by molar-refractivity contribution is -0.167. The summed E-state index contributed by atoms with van der Waals surface area (Å²) in [4.78, 5) is 11.7. The van der Waals surface area contributed by atoms with E-state index in [2.05, 4.69) is 6.58 Å². The number of allylic oxidation sites excluding steroid dienone is 5. The summed E-state index contributed by atoms with van der Waals surface area (Å²) in [5.41, 5.74) is 1.88. The van der Waals surface area contributed by atoms with Crippen molar-refractivity contribution in [2.75, 3.05) is 13.2 Å². The molecule has 2 aliphatic rings. The van der Waals surface area contributed by atoms with Crippen molar-refractivity contribution in [2.45, 2.75) is 90.4 Å². The van der Waals surface area contributed by atoms with Crippen molar-refractivity contribution >= 4 is 6.29 Å². The Hall–Kier alpha value is -1.83. The molecule has 6 nitrogen and oxygen atoms in total. The van der Waals surface area contributed by atoms with E-state index in [9.17, 15) is 30.3 Å². The van der Waals surface area contributed by atoms with Crippen LogP contribution in [0.5, 0.6) is 0 Å². The molecule has 0 bridgehead atoms. The normalized spacial score (nSPS) is 33.1. The van der Waals surface area contributed by atoms with Gasteiger partial charge in [0, 0.05) is 17.9 Å². The fraction of sp³-hybridized carbons (Fsp3) is 0.633. The van der Waals surface area contributed by atoms with Gasteiger partial charge in [0.15, 0.2) is 0 Å². The second kappa shape index (κ2) is 13.1. The molecule has 2 saturated carbocycles. The van der Waals surface area contributed by atoms with Crippen LogP contribution >= 0.6 is 0 Å². The summed E-state index contributed by atoms with van der Waals surface area (Å²) in [6.07, 6.45) is 10.1. The summed E-state index contributed by atoms with van der Waals surface area (Å²) in [5, 5.41) is 53.4. The van der Waals surface area contributed by atoms with Crippen LogP contribution in [0, 0.1) is 17.3 Å². The first-order valence-corrected chi connectivity index (χ1v) is 13.1. The zero-order valence-electron chi connectivity index (χ0n) is 22.4. The Labute approximate surface area is 216 Å². The molecule has 5 N–H and O–H groups in total. The summed E-state index contributed by atoms with van der Waals surface area (Å²) in [6, 6.07) is 0. The standard InChI is InChI=1S/C30H46O6/c1-20(2)11-12-27(34)21(3)8-6-9-23(19-33)25-14-16-30(28(25)35)26(10-7-17-31)24(22(4)18-32)13-15-29(30,5)36/h6,8-9,11,18,25-28,31,33-36H,3,7,10,12-17,19H2,1-2,4-5H3. The molecule has 0 aromatic carbocycles. The minimum atomic E-state index is -1.16. The Bertz CT molecular complexity index is 904.